The highest BCUT2D eigenvalue weighted by Gasteiger charge is 2.06. The van der Waals surface area contributed by atoms with Crippen LogP contribution in [0.2, 0.25) is 0 Å². The molecule has 0 aliphatic heterocycles. The summed E-state index contributed by atoms with van der Waals surface area (Å²) in [5.74, 6) is 0. The summed E-state index contributed by atoms with van der Waals surface area (Å²) in [5.41, 5.74) is 1.92. The second-order valence-electron chi connectivity index (χ2n) is 3.88. The van der Waals surface area contributed by atoms with E-state index in [1.54, 1.807) is 0 Å². The molecule has 1 rings (SSSR count). The molecule has 0 aliphatic carbocycles. The van der Waals surface area contributed by atoms with Gasteiger partial charge in [-0.15, -0.1) is 0 Å². The molecule has 0 aromatic heterocycles. The lowest BCUT2D eigenvalue weighted by molar-refractivity contribution is 0.241. The summed E-state index contributed by atoms with van der Waals surface area (Å²) >= 11 is 0. The Morgan fingerprint density at radius 1 is 1.38 bits per heavy atom. The van der Waals surface area contributed by atoms with Crippen molar-refractivity contribution in [2.75, 3.05) is 11.9 Å². The molecule has 0 aliphatic rings. The molecule has 2 amide bonds. The maximum absolute atomic E-state index is 11.5. The fraction of sp³-hybridized carbons (Fsp3) is 0.417. The molecule has 16 heavy (non-hydrogen) atoms. The predicted molar refractivity (Wildman–Crippen MR) is 64.5 cm³/mol. The molecule has 4 nitrogen and oxygen atoms in total. The summed E-state index contributed by atoms with van der Waals surface area (Å²) in [5, 5.41) is 14.2. The highest BCUT2D eigenvalue weighted by Crippen LogP contribution is 2.08. The predicted octanol–water partition coefficient (Wildman–Crippen LogP) is 1.89. The van der Waals surface area contributed by atoms with E-state index in [4.69, 9.17) is 5.11 Å². The van der Waals surface area contributed by atoms with Crippen LogP contribution >= 0.6 is 0 Å². The standard InChI is InChI=1S/C12H18N2O2/c1-9-3-5-11(6-4-9)14-12(16)13-10(2)7-8-15/h3-6,10,15H,7-8H2,1-2H3,(H2,13,14,16). The first-order valence-electron chi connectivity index (χ1n) is 5.37. The van der Waals surface area contributed by atoms with Crippen molar-refractivity contribution >= 4 is 11.7 Å². The zero-order chi connectivity index (χ0) is 12.0. The summed E-state index contributed by atoms with van der Waals surface area (Å²) in [6.45, 7) is 3.92. The topological polar surface area (TPSA) is 61.4 Å². The Morgan fingerprint density at radius 2 is 2.00 bits per heavy atom. The lowest BCUT2D eigenvalue weighted by Crippen LogP contribution is -2.36. The number of hydrogen-bond acceptors (Lipinski definition) is 2. The number of aliphatic hydroxyl groups excluding tert-OH is 1. The first kappa shape index (κ1) is 12.5. The average molecular weight is 222 g/mol. The van der Waals surface area contributed by atoms with Gasteiger partial charge in [0.2, 0.25) is 0 Å². The van der Waals surface area contributed by atoms with Gasteiger partial charge in [0.05, 0.1) is 0 Å². The van der Waals surface area contributed by atoms with E-state index in [1.165, 1.54) is 0 Å². The second-order valence-corrected chi connectivity index (χ2v) is 3.88. The summed E-state index contributed by atoms with van der Waals surface area (Å²) in [6, 6.07) is 7.30. The van der Waals surface area contributed by atoms with Crippen molar-refractivity contribution in [1.82, 2.24) is 5.32 Å². The van der Waals surface area contributed by atoms with Crippen LogP contribution in [0.4, 0.5) is 10.5 Å². The first-order chi connectivity index (χ1) is 7.61. The average Bonchev–Trinajstić information content (AvgIpc) is 2.21. The third kappa shape index (κ3) is 4.31. The minimum atomic E-state index is -0.246. The van der Waals surface area contributed by atoms with Gasteiger partial charge in [0.15, 0.2) is 0 Å². The quantitative estimate of drug-likeness (QED) is 0.728. The summed E-state index contributed by atoms with van der Waals surface area (Å²) in [4.78, 5) is 11.5. The zero-order valence-electron chi connectivity index (χ0n) is 9.66. The SMILES string of the molecule is Cc1ccc(NC(=O)NC(C)CCO)cc1. The number of nitrogens with one attached hydrogen (secondary N) is 2. The number of urea groups is 1. The maximum atomic E-state index is 11.5. The van der Waals surface area contributed by atoms with Crippen LogP contribution in [0.1, 0.15) is 18.9 Å². The van der Waals surface area contributed by atoms with Crippen LogP contribution in [0.3, 0.4) is 0 Å². The molecule has 1 atom stereocenters. The van der Waals surface area contributed by atoms with Crippen molar-refractivity contribution < 1.29 is 9.90 Å². The molecular weight excluding hydrogens is 204 g/mol. The van der Waals surface area contributed by atoms with Crippen LogP contribution in [-0.4, -0.2) is 23.8 Å². The third-order valence-electron chi connectivity index (χ3n) is 2.25. The molecule has 4 heteroatoms. The van der Waals surface area contributed by atoms with E-state index in [1.807, 2.05) is 38.1 Å². The van der Waals surface area contributed by atoms with Gasteiger partial charge in [-0.1, -0.05) is 17.7 Å². The van der Waals surface area contributed by atoms with Gasteiger partial charge in [-0.2, -0.15) is 0 Å². The molecule has 0 heterocycles. The van der Waals surface area contributed by atoms with Crippen molar-refractivity contribution in [2.45, 2.75) is 26.3 Å². The number of benzene rings is 1. The third-order valence-corrected chi connectivity index (χ3v) is 2.25. The van der Waals surface area contributed by atoms with Crippen molar-refractivity contribution in [3.8, 4) is 0 Å². The second kappa shape index (κ2) is 6.12. The molecule has 0 saturated heterocycles. The van der Waals surface area contributed by atoms with Crippen molar-refractivity contribution in [3.63, 3.8) is 0 Å². The van der Waals surface area contributed by atoms with E-state index in [2.05, 4.69) is 10.6 Å². The molecule has 0 radical (unpaired) electrons. The van der Waals surface area contributed by atoms with Crippen LogP contribution in [0.15, 0.2) is 24.3 Å². The lowest BCUT2D eigenvalue weighted by Gasteiger charge is -2.13. The number of hydrogen-bond donors (Lipinski definition) is 3. The number of carbonyl (C=O) groups excluding carboxylic acids is 1. The Labute approximate surface area is 95.7 Å². The molecule has 0 fully saturated rings. The number of amides is 2. The van der Waals surface area contributed by atoms with Gasteiger partial charge >= 0.3 is 6.03 Å². The van der Waals surface area contributed by atoms with E-state index in [0.717, 1.165) is 11.3 Å². The van der Waals surface area contributed by atoms with E-state index < -0.39 is 0 Å². The van der Waals surface area contributed by atoms with E-state index in [-0.39, 0.29) is 18.7 Å². The van der Waals surface area contributed by atoms with E-state index >= 15 is 0 Å². The number of rotatable bonds is 4. The number of carbonyl (C=O) groups is 1. The van der Waals surface area contributed by atoms with E-state index in [9.17, 15) is 4.79 Å². The van der Waals surface area contributed by atoms with Gasteiger partial charge in [0.25, 0.3) is 0 Å². The lowest BCUT2D eigenvalue weighted by atomic mass is 10.2. The van der Waals surface area contributed by atoms with Crippen LogP contribution in [0, 0.1) is 6.92 Å². The van der Waals surface area contributed by atoms with Crippen molar-refractivity contribution in [1.29, 1.82) is 0 Å². The van der Waals surface area contributed by atoms with Gasteiger partial charge in [-0.25, -0.2) is 4.79 Å². The molecule has 3 N–H and O–H groups in total. The van der Waals surface area contributed by atoms with Gasteiger partial charge in [0, 0.05) is 18.3 Å². The van der Waals surface area contributed by atoms with Crippen LogP contribution in [-0.2, 0) is 0 Å². The van der Waals surface area contributed by atoms with Gasteiger partial charge in [-0.3, -0.25) is 0 Å². The highest BCUT2D eigenvalue weighted by atomic mass is 16.3. The smallest absolute Gasteiger partial charge is 0.319 e. The Balaban J connectivity index is 2.42. The van der Waals surface area contributed by atoms with Crippen LogP contribution in [0.5, 0.6) is 0 Å². The highest BCUT2D eigenvalue weighted by molar-refractivity contribution is 5.89. The number of aliphatic hydroxyl groups is 1. The molecule has 0 saturated carbocycles. The van der Waals surface area contributed by atoms with E-state index in [0.29, 0.717) is 6.42 Å². The fourth-order valence-electron chi connectivity index (χ4n) is 1.29. The normalized spacial score (nSPS) is 11.9. The van der Waals surface area contributed by atoms with Gasteiger partial charge in [0.1, 0.15) is 0 Å². The van der Waals surface area contributed by atoms with Crippen molar-refractivity contribution in [2.24, 2.45) is 0 Å². The van der Waals surface area contributed by atoms with Crippen LogP contribution < -0.4 is 10.6 Å². The molecular formula is C12H18N2O2. The summed E-state index contributed by atoms with van der Waals surface area (Å²) in [7, 11) is 0. The Bertz CT molecular complexity index is 335. The Morgan fingerprint density at radius 3 is 2.56 bits per heavy atom. The number of aryl methyl sites for hydroxylation is 1. The summed E-state index contributed by atoms with van der Waals surface area (Å²) < 4.78 is 0. The van der Waals surface area contributed by atoms with Gasteiger partial charge < -0.3 is 15.7 Å². The molecule has 1 unspecified atom stereocenters. The minimum absolute atomic E-state index is 0.0320. The van der Waals surface area contributed by atoms with Crippen molar-refractivity contribution in [3.05, 3.63) is 29.8 Å². The zero-order valence-corrected chi connectivity index (χ0v) is 9.66. The first-order valence-corrected chi connectivity index (χ1v) is 5.37. The summed E-state index contributed by atoms with van der Waals surface area (Å²) in [6.07, 6.45) is 0.557. The minimum Gasteiger partial charge on any atom is -0.396 e. The largest absolute Gasteiger partial charge is 0.396 e. The maximum Gasteiger partial charge on any atom is 0.319 e. The molecule has 88 valence electrons. The molecule has 0 bridgehead atoms. The molecule has 1 aromatic carbocycles. The monoisotopic (exact) mass is 222 g/mol. The molecule has 1 aromatic rings. The Hall–Kier alpha value is -1.55. The molecule has 0 spiro atoms. The number of anilines is 1. The fourth-order valence-corrected chi connectivity index (χ4v) is 1.29. The van der Waals surface area contributed by atoms with Gasteiger partial charge in [-0.05, 0) is 32.4 Å². The Kier molecular flexibility index (Phi) is 4.79. The van der Waals surface area contributed by atoms with Crippen LogP contribution in [0.25, 0.3) is 0 Å².